The third-order valence-electron chi connectivity index (χ3n) is 4.81. The summed E-state index contributed by atoms with van der Waals surface area (Å²) in [5.74, 6) is 0. The number of nitrogens with one attached hydrogen (secondary N) is 1. The molecule has 0 saturated heterocycles. The Hall–Kier alpha value is -0.566. The van der Waals surface area contributed by atoms with E-state index in [1.54, 1.807) is 5.56 Å². The number of unbranched alkanes of at least 4 members (excludes halogenated alkanes) is 1. The van der Waals surface area contributed by atoms with E-state index < -0.39 is 0 Å². The van der Waals surface area contributed by atoms with Crippen molar-refractivity contribution in [3.63, 3.8) is 0 Å². The predicted molar refractivity (Wildman–Crippen MR) is 116 cm³/mol. The van der Waals surface area contributed by atoms with Gasteiger partial charge in [0.2, 0.25) is 0 Å². The van der Waals surface area contributed by atoms with Gasteiger partial charge in [0.15, 0.2) is 0 Å². The molecule has 1 nitrogen and oxygen atoms in total. The molecular formula is C22H29Cl2NTi. The summed E-state index contributed by atoms with van der Waals surface area (Å²) in [6.45, 7) is 7.95. The Kier molecular flexibility index (Phi) is 10.2. The molecule has 2 aromatic carbocycles. The van der Waals surface area contributed by atoms with Crippen LogP contribution in [0.15, 0.2) is 53.6 Å². The van der Waals surface area contributed by atoms with E-state index in [2.05, 4.69) is 67.0 Å². The van der Waals surface area contributed by atoms with Crippen LogP contribution < -0.4 is 3.80 Å². The second kappa shape index (κ2) is 11.3. The Morgan fingerprint density at radius 3 is 2.50 bits per heavy atom. The van der Waals surface area contributed by atoms with Gasteiger partial charge in [0.05, 0.1) is 0 Å². The number of benzene rings is 2. The van der Waals surface area contributed by atoms with Gasteiger partial charge >= 0.3 is 156 Å². The molecule has 0 aliphatic heterocycles. The fourth-order valence-corrected chi connectivity index (χ4v) is 5.17. The van der Waals surface area contributed by atoms with Crippen LogP contribution in [-0.2, 0) is 24.1 Å². The molecule has 0 radical (unpaired) electrons. The fourth-order valence-electron chi connectivity index (χ4n) is 3.55. The van der Waals surface area contributed by atoms with E-state index in [-0.39, 0.29) is 44.2 Å². The molecule has 1 N–H and O–H groups in total. The van der Waals surface area contributed by atoms with E-state index in [1.807, 2.05) is 0 Å². The average Bonchev–Trinajstić information content (AvgIpc) is 2.92. The summed E-state index contributed by atoms with van der Waals surface area (Å²) in [5.41, 5.74) is 7.52. The maximum absolute atomic E-state index is 3.73. The van der Waals surface area contributed by atoms with Crippen molar-refractivity contribution in [1.82, 2.24) is 3.80 Å². The standard InChI is InChI=1S/C18H17.C4H10N.2ClH.Ti/c1-12-10-13(2)18(11-12)17-9-8-15-6-4-5-7-16(15)14(17)3;1-2-3-4-5;;;/h4-10H,3,11H2,1-2H3;5H,2-4H2,1H3;2*1H;/q;-1;;;+1. The number of halogens is 2. The Morgan fingerprint density at radius 2 is 1.81 bits per heavy atom. The molecule has 0 saturated carbocycles. The topological polar surface area (TPSA) is 12.0 Å². The molecule has 0 bridgehead atoms. The van der Waals surface area contributed by atoms with Crippen molar-refractivity contribution in [2.24, 2.45) is 0 Å². The maximum atomic E-state index is 3.73. The Balaban J connectivity index is 0.00000169. The summed E-state index contributed by atoms with van der Waals surface area (Å²) >= 11 is -0.132. The SMILES string of the molecule is CCCC[NH][Ti][CH2]c1c(C2=C(C)C=C(C)C2)ccc2ccccc12.Cl.Cl. The molecule has 140 valence electrons. The summed E-state index contributed by atoms with van der Waals surface area (Å²) < 4.78 is 4.95. The minimum Gasteiger partial charge on any atom is -0.147 e. The van der Waals surface area contributed by atoms with E-state index in [9.17, 15) is 0 Å². The fraction of sp³-hybridized carbons (Fsp3) is 0.364. The van der Waals surface area contributed by atoms with Gasteiger partial charge in [0.25, 0.3) is 0 Å². The minimum atomic E-state index is -0.132. The molecule has 1 aliphatic carbocycles. The molecule has 2 aromatic rings. The summed E-state index contributed by atoms with van der Waals surface area (Å²) in [7, 11) is 0. The molecule has 0 unspecified atom stereocenters. The summed E-state index contributed by atoms with van der Waals surface area (Å²) in [4.78, 5) is 0. The monoisotopic (exact) mass is 425 g/mol. The van der Waals surface area contributed by atoms with Crippen LogP contribution in [0.1, 0.15) is 51.2 Å². The molecule has 0 fully saturated rings. The molecule has 4 heteroatoms. The minimum absolute atomic E-state index is 0. The van der Waals surface area contributed by atoms with Gasteiger partial charge in [-0.25, -0.2) is 0 Å². The van der Waals surface area contributed by atoms with E-state index in [0.29, 0.717) is 0 Å². The van der Waals surface area contributed by atoms with Gasteiger partial charge in [-0.1, -0.05) is 0 Å². The van der Waals surface area contributed by atoms with E-state index in [1.165, 1.54) is 57.2 Å². The third-order valence-corrected chi connectivity index (χ3v) is 6.41. The number of hydrogen-bond donors (Lipinski definition) is 1. The zero-order valence-corrected chi connectivity index (χ0v) is 19.1. The Labute approximate surface area is 179 Å². The van der Waals surface area contributed by atoms with E-state index in [4.69, 9.17) is 0 Å². The van der Waals surface area contributed by atoms with Crippen molar-refractivity contribution < 1.29 is 19.4 Å². The van der Waals surface area contributed by atoms with Gasteiger partial charge in [-0.05, 0) is 0 Å². The molecule has 3 rings (SSSR count). The quantitative estimate of drug-likeness (QED) is 0.384. The van der Waals surface area contributed by atoms with Crippen molar-refractivity contribution in [2.75, 3.05) is 6.54 Å². The molecule has 0 amide bonds. The molecular weight excluding hydrogens is 397 g/mol. The zero-order valence-electron chi connectivity index (χ0n) is 15.9. The second-order valence-electron chi connectivity index (χ2n) is 6.78. The normalized spacial score (nSPS) is 13.3. The summed E-state index contributed by atoms with van der Waals surface area (Å²) in [6, 6.07) is 13.5. The molecule has 0 atom stereocenters. The van der Waals surface area contributed by atoms with Crippen molar-refractivity contribution >= 4 is 41.2 Å². The van der Waals surface area contributed by atoms with Gasteiger partial charge in [-0.3, -0.25) is 0 Å². The average molecular weight is 426 g/mol. The number of rotatable bonds is 7. The van der Waals surface area contributed by atoms with E-state index >= 15 is 0 Å². The number of allylic oxidation sites excluding steroid dienone is 4. The van der Waals surface area contributed by atoms with Crippen LogP contribution in [0.3, 0.4) is 0 Å². The first-order valence-electron chi connectivity index (χ1n) is 9.04. The molecule has 0 heterocycles. The van der Waals surface area contributed by atoms with Gasteiger partial charge in [-0.2, -0.15) is 0 Å². The van der Waals surface area contributed by atoms with Gasteiger partial charge < -0.3 is 0 Å². The predicted octanol–water partition coefficient (Wildman–Crippen LogP) is 6.69. The van der Waals surface area contributed by atoms with Crippen molar-refractivity contribution in [3.05, 3.63) is 64.7 Å². The molecule has 26 heavy (non-hydrogen) atoms. The molecule has 0 spiro atoms. The maximum Gasteiger partial charge on any atom is -0.147 e. The van der Waals surface area contributed by atoms with Crippen LogP contribution >= 0.6 is 24.8 Å². The van der Waals surface area contributed by atoms with Crippen molar-refractivity contribution in [2.45, 2.75) is 44.8 Å². The second-order valence-corrected chi connectivity index (χ2v) is 8.43. The zero-order chi connectivity index (χ0) is 16.9. The largest absolute Gasteiger partial charge is 0.147 e. The number of hydrogen-bond acceptors (Lipinski definition) is 1. The smallest absolute Gasteiger partial charge is 0.147 e. The van der Waals surface area contributed by atoms with Gasteiger partial charge in [-0.15, -0.1) is 24.8 Å². The first-order valence-corrected chi connectivity index (χ1v) is 10.9. The Morgan fingerprint density at radius 1 is 1.04 bits per heavy atom. The Bertz CT molecular complexity index is 796. The van der Waals surface area contributed by atoms with Gasteiger partial charge in [0, 0.05) is 0 Å². The van der Waals surface area contributed by atoms with Crippen molar-refractivity contribution in [3.8, 4) is 0 Å². The van der Waals surface area contributed by atoms with Crippen LogP contribution in [0.2, 0.25) is 0 Å². The molecule has 0 aromatic heterocycles. The first-order chi connectivity index (χ1) is 11.7. The first kappa shape index (κ1) is 23.5. The number of fused-ring (bicyclic) bond motifs is 1. The third kappa shape index (κ3) is 5.47. The van der Waals surface area contributed by atoms with Crippen molar-refractivity contribution in [1.29, 1.82) is 0 Å². The van der Waals surface area contributed by atoms with Crippen LogP contribution in [0.4, 0.5) is 0 Å². The van der Waals surface area contributed by atoms with Crippen LogP contribution in [-0.4, -0.2) is 6.54 Å². The summed E-state index contributed by atoms with van der Waals surface area (Å²) in [6.07, 6.45) is 6.03. The van der Waals surface area contributed by atoms with E-state index in [0.717, 1.165) is 6.42 Å². The van der Waals surface area contributed by atoms with Gasteiger partial charge in [0.1, 0.15) is 0 Å². The molecule has 1 aliphatic rings. The summed E-state index contributed by atoms with van der Waals surface area (Å²) in [5, 5.41) is 2.82. The van der Waals surface area contributed by atoms with Crippen LogP contribution in [0.5, 0.6) is 0 Å². The van der Waals surface area contributed by atoms with Crippen LogP contribution in [0.25, 0.3) is 16.3 Å². The van der Waals surface area contributed by atoms with Crippen LogP contribution in [0, 0.1) is 0 Å².